The normalized spacial score (nSPS) is 17.8. The van der Waals surface area contributed by atoms with E-state index in [1.165, 1.54) is 0 Å². The first-order chi connectivity index (χ1) is 16.0. The van der Waals surface area contributed by atoms with Crippen molar-refractivity contribution in [3.63, 3.8) is 0 Å². The van der Waals surface area contributed by atoms with Crippen LogP contribution in [0.2, 0.25) is 25.7 Å². The zero-order valence-electron chi connectivity index (χ0n) is 21.6. The molecule has 0 N–H and O–H groups in total. The van der Waals surface area contributed by atoms with Crippen LogP contribution in [-0.2, 0) is 20.8 Å². The molecule has 7 heteroatoms. The highest BCUT2D eigenvalue weighted by Crippen LogP contribution is 2.36. The average molecular weight is 477 g/mol. The smallest absolute Gasteiger partial charge is 0.399 e. The molecule has 34 heavy (non-hydrogen) atoms. The van der Waals surface area contributed by atoms with E-state index in [2.05, 4.69) is 89.8 Å². The molecule has 1 saturated heterocycles. The van der Waals surface area contributed by atoms with Gasteiger partial charge in [0.1, 0.15) is 6.73 Å². The fraction of sp³-hybridized carbons (Fsp3) is 0.444. The van der Waals surface area contributed by atoms with Crippen LogP contribution in [0.25, 0.3) is 23.1 Å². The summed E-state index contributed by atoms with van der Waals surface area (Å²) in [6.45, 7) is 16.6. The number of ether oxygens (including phenoxy) is 1. The predicted molar refractivity (Wildman–Crippen MR) is 145 cm³/mol. The third-order valence-electron chi connectivity index (χ3n) is 6.77. The van der Waals surface area contributed by atoms with Gasteiger partial charge < -0.3 is 14.0 Å². The molecule has 1 fully saturated rings. The Hall–Kier alpha value is -2.19. The molecule has 5 nitrogen and oxygen atoms in total. The van der Waals surface area contributed by atoms with E-state index in [0.717, 1.165) is 40.3 Å². The van der Waals surface area contributed by atoms with Gasteiger partial charge in [-0.15, -0.1) is 0 Å². The van der Waals surface area contributed by atoms with Crippen molar-refractivity contribution in [3.8, 4) is 0 Å². The molecule has 0 amide bonds. The van der Waals surface area contributed by atoms with E-state index in [1.54, 1.807) is 0 Å². The highest BCUT2D eigenvalue weighted by molar-refractivity contribution is 6.76. The molecule has 1 aliphatic rings. The summed E-state index contributed by atoms with van der Waals surface area (Å²) in [5.41, 5.74) is 3.33. The molecule has 4 rings (SSSR count). The van der Waals surface area contributed by atoms with Gasteiger partial charge >= 0.3 is 7.12 Å². The van der Waals surface area contributed by atoms with E-state index in [9.17, 15) is 0 Å². The molecule has 1 aliphatic heterocycles. The van der Waals surface area contributed by atoms with Crippen molar-refractivity contribution in [2.45, 2.75) is 71.3 Å². The second kappa shape index (κ2) is 9.46. The van der Waals surface area contributed by atoms with Crippen LogP contribution in [0.5, 0.6) is 0 Å². The van der Waals surface area contributed by atoms with Gasteiger partial charge in [-0.1, -0.05) is 68.2 Å². The quantitative estimate of drug-likeness (QED) is 0.304. The van der Waals surface area contributed by atoms with Crippen LogP contribution in [0.3, 0.4) is 0 Å². The van der Waals surface area contributed by atoms with Crippen LogP contribution < -0.4 is 5.46 Å². The standard InChI is InChI=1S/C27H37BN2O3Si/c1-26(2)27(3,4)33-28(32-26)22-14-16-25-23(19-22)24(15-13-21-11-9-8-10-12-21)29-30(25)20-31-17-18-34(5,6)7/h8-16,19H,17-18,20H2,1-7H3. The maximum Gasteiger partial charge on any atom is 0.494 e. The van der Waals surface area contributed by atoms with E-state index in [1.807, 2.05) is 22.9 Å². The summed E-state index contributed by atoms with van der Waals surface area (Å²) in [5, 5.41) is 5.96. The summed E-state index contributed by atoms with van der Waals surface area (Å²) < 4.78 is 20.6. The highest BCUT2D eigenvalue weighted by Gasteiger charge is 2.51. The predicted octanol–water partition coefficient (Wildman–Crippen LogP) is 5.82. The lowest BCUT2D eigenvalue weighted by Crippen LogP contribution is -2.41. The molecule has 2 aromatic carbocycles. The van der Waals surface area contributed by atoms with Crippen molar-refractivity contribution in [3.05, 3.63) is 59.8 Å². The van der Waals surface area contributed by atoms with Gasteiger partial charge in [-0.2, -0.15) is 5.10 Å². The fourth-order valence-corrected chi connectivity index (χ4v) is 4.59. The topological polar surface area (TPSA) is 45.5 Å². The molecule has 0 unspecified atom stereocenters. The van der Waals surface area contributed by atoms with E-state index in [0.29, 0.717) is 6.73 Å². The van der Waals surface area contributed by atoms with Crippen molar-refractivity contribution >= 4 is 43.7 Å². The molecular weight excluding hydrogens is 439 g/mol. The van der Waals surface area contributed by atoms with Crippen molar-refractivity contribution in [2.24, 2.45) is 0 Å². The number of nitrogens with zero attached hydrogens (tertiary/aromatic N) is 2. The van der Waals surface area contributed by atoms with Gasteiger partial charge in [0.2, 0.25) is 0 Å². The molecule has 0 radical (unpaired) electrons. The van der Waals surface area contributed by atoms with Gasteiger partial charge in [-0.05, 0) is 56.9 Å². The number of aromatic nitrogens is 2. The molecule has 0 saturated carbocycles. The fourth-order valence-electron chi connectivity index (χ4n) is 3.84. The lowest BCUT2D eigenvalue weighted by molar-refractivity contribution is 0.00578. The van der Waals surface area contributed by atoms with Crippen molar-refractivity contribution in [1.82, 2.24) is 9.78 Å². The summed E-state index contributed by atoms with van der Waals surface area (Å²) in [7, 11) is -1.54. The number of hydrogen-bond donors (Lipinski definition) is 0. The van der Waals surface area contributed by atoms with Gasteiger partial charge in [0.25, 0.3) is 0 Å². The van der Waals surface area contributed by atoms with E-state index >= 15 is 0 Å². The maximum absolute atomic E-state index is 6.30. The van der Waals surface area contributed by atoms with E-state index in [-0.39, 0.29) is 11.2 Å². The molecule has 0 aliphatic carbocycles. The molecule has 180 valence electrons. The average Bonchev–Trinajstić information content (AvgIpc) is 3.22. The first-order valence-electron chi connectivity index (χ1n) is 12.1. The lowest BCUT2D eigenvalue weighted by atomic mass is 9.78. The van der Waals surface area contributed by atoms with Crippen LogP contribution in [0, 0.1) is 0 Å². The Balaban J connectivity index is 1.65. The van der Waals surface area contributed by atoms with Crippen molar-refractivity contribution in [1.29, 1.82) is 0 Å². The minimum Gasteiger partial charge on any atom is -0.399 e. The SMILES string of the molecule is CC1(C)OB(c2ccc3c(c2)c(C=Cc2ccccc2)nn3COCC[Si](C)(C)C)OC1(C)C. The third-order valence-corrected chi connectivity index (χ3v) is 8.48. The summed E-state index contributed by atoms with van der Waals surface area (Å²) in [5.74, 6) is 0. The Morgan fingerprint density at radius 3 is 2.29 bits per heavy atom. The van der Waals surface area contributed by atoms with Crippen LogP contribution in [0.15, 0.2) is 48.5 Å². The van der Waals surface area contributed by atoms with Gasteiger partial charge in [-0.3, -0.25) is 0 Å². The summed E-state index contributed by atoms with van der Waals surface area (Å²) >= 11 is 0. The minimum absolute atomic E-state index is 0.378. The Labute approximate surface area is 205 Å². The number of hydrogen-bond acceptors (Lipinski definition) is 4. The highest BCUT2D eigenvalue weighted by atomic mass is 28.3. The van der Waals surface area contributed by atoms with Crippen molar-refractivity contribution < 1.29 is 14.0 Å². The second-order valence-corrected chi connectivity index (χ2v) is 17.0. The van der Waals surface area contributed by atoms with Crippen LogP contribution in [0.1, 0.15) is 39.0 Å². The van der Waals surface area contributed by atoms with Gasteiger partial charge in [0.05, 0.1) is 22.4 Å². The summed E-state index contributed by atoms with van der Waals surface area (Å²) in [6.07, 6.45) is 4.17. The monoisotopic (exact) mass is 476 g/mol. The van der Waals surface area contributed by atoms with Gasteiger partial charge in [0.15, 0.2) is 0 Å². The van der Waals surface area contributed by atoms with Crippen LogP contribution in [0.4, 0.5) is 0 Å². The Morgan fingerprint density at radius 2 is 1.65 bits per heavy atom. The minimum atomic E-state index is -1.13. The number of benzene rings is 2. The first kappa shape index (κ1) is 24.9. The zero-order chi connectivity index (χ0) is 24.6. The Kier molecular flexibility index (Phi) is 6.93. The van der Waals surface area contributed by atoms with Crippen LogP contribution >= 0.6 is 0 Å². The number of rotatable bonds is 8. The molecule has 2 heterocycles. The van der Waals surface area contributed by atoms with Gasteiger partial charge in [0, 0.05) is 20.1 Å². The molecule has 1 aromatic heterocycles. The maximum atomic E-state index is 6.30. The largest absolute Gasteiger partial charge is 0.494 e. The van der Waals surface area contributed by atoms with E-state index in [4.69, 9.17) is 19.1 Å². The first-order valence-corrected chi connectivity index (χ1v) is 15.8. The molecule has 0 spiro atoms. The molecule has 3 aromatic rings. The lowest BCUT2D eigenvalue weighted by Gasteiger charge is -2.32. The van der Waals surface area contributed by atoms with Crippen molar-refractivity contribution in [2.75, 3.05) is 6.61 Å². The van der Waals surface area contributed by atoms with Crippen LogP contribution in [-0.4, -0.2) is 42.8 Å². The Morgan fingerprint density at radius 1 is 0.971 bits per heavy atom. The number of fused-ring (bicyclic) bond motifs is 1. The molecule has 0 atom stereocenters. The molecule has 0 bridgehead atoms. The van der Waals surface area contributed by atoms with Gasteiger partial charge in [-0.25, -0.2) is 4.68 Å². The third kappa shape index (κ3) is 5.54. The molecular formula is C27H37BN2O3Si. The second-order valence-electron chi connectivity index (χ2n) is 11.3. The van der Waals surface area contributed by atoms with E-state index < -0.39 is 15.2 Å². The zero-order valence-corrected chi connectivity index (χ0v) is 22.6. The summed E-state index contributed by atoms with van der Waals surface area (Å²) in [4.78, 5) is 0. The Bertz CT molecular complexity index is 1150. The summed E-state index contributed by atoms with van der Waals surface area (Å²) in [6, 6.07) is 17.7.